The van der Waals surface area contributed by atoms with Crippen molar-refractivity contribution in [2.75, 3.05) is 27.3 Å². The average Bonchev–Trinajstić information content (AvgIpc) is 3.42. The summed E-state index contributed by atoms with van der Waals surface area (Å²) in [5.41, 5.74) is 2.76. The molecule has 0 saturated carbocycles. The molecule has 166 valence electrons. The summed E-state index contributed by atoms with van der Waals surface area (Å²) in [6, 6.07) is 9.94. The third kappa shape index (κ3) is 3.80. The minimum atomic E-state index is 0.399. The summed E-state index contributed by atoms with van der Waals surface area (Å²) in [5, 5.41) is 4.15. The number of fused-ring (bicyclic) bond motifs is 1. The highest BCUT2D eigenvalue weighted by molar-refractivity contribution is 5.71. The summed E-state index contributed by atoms with van der Waals surface area (Å²) in [4.78, 5) is 16.2. The van der Waals surface area contributed by atoms with Gasteiger partial charge in [0.15, 0.2) is 17.1 Å². The molecule has 1 fully saturated rings. The Labute approximate surface area is 186 Å². The van der Waals surface area contributed by atoms with Gasteiger partial charge in [-0.15, -0.1) is 0 Å². The van der Waals surface area contributed by atoms with E-state index in [9.17, 15) is 0 Å². The lowest BCUT2D eigenvalue weighted by Gasteiger charge is -2.32. The Morgan fingerprint density at radius 2 is 1.88 bits per heavy atom. The Morgan fingerprint density at radius 1 is 1.06 bits per heavy atom. The quantitative estimate of drug-likeness (QED) is 0.454. The van der Waals surface area contributed by atoms with Crippen LogP contribution in [0.2, 0.25) is 0 Å². The number of benzene rings is 1. The maximum atomic E-state index is 5.53. The first-order chi connectivity index (χ1) is 15.7. The molecular formula is C23H26N6O3. The Kier molecular flexibility index (Phi) is 5.48. The largest absolute Gasteiger partial charge is 0.493 e. The summed E-state index contributed by atoms with van der Waals surface area (Å²) in [6.07, 6.45) is 3.89. The lowest BCUT2D eigenvalue weighted by molar-refractivity contribution is 0.161. The molecule has 1 saturated heterocycles. The molecule has 0 unspecified atom stereocenters. The van der Waals surface area contributed by atoms with Crippen LogP contribution in [0, 0.1) is 6.92 Å². The number of piperidine rings is 1. The van der Waals surface area contributed by atoms with Gasteiger partial charge in [0.1, 0.15) is 11.3 Å². The highest BCUT2D eigenvalue weighted by atomic mass is 16.5. The van der Waals surface area contributed by atoms with E-state index in [2.05, 4.69) is 36.5 Å². The van der Waals surface area contributed by atoms with E-state index in [1.54, 1.807) is 14.2 Å². The van der Waals surface area contributed by atoms with Gasteiger partial charge in [-0.25, -0.2) is 9.97 Å². The van der Waals surface area contributed by atoms with E-state index in [1.165, 1.54) is 0 Å². The number of rotatable bonds is 6. The van der Waals surface area contributed by atoms with Crippen molar-refractivity contribution < 1.29 is 14.0 Å². The monoisotopic (exact) mass is 434 g/mol. The number of hydrogen-bond acceptors (Lipinski definition) is 8. The Bertz CT molecular complexity index is 1230. The van der Waals surface area contributed by atoms with Crippen LogP contribution < -0.4 is 9.47 Å². The van der Waals surface area contributed by atoms with Gasteiger partial charge in [0.2, 0.25) is 11.7 Å². The zero-order valence-electron chi connectivity index (χ0n) is 18.5. The van der Waals surface area contributed by atoms with E-state index in [-0.39, 0.29) is 0 Å². The first-order valence-electron chi connectivity index (χ1n) is 10.7. The van der Waals surface area contributed by atoms with Crippen molar-refractivity contribution in [2.45, 2.75) is 32.4 Å². The minimum Gasteiger partial charge on any atom is -0.493 e. The van der Waals surface area contributed by atoms with Gasteiger partial charge in [0.05, 0.1) is 20.8 Å². The highest BCUT2D eigenvalue weighted by Crippen LogP contribution is 2.32. The van der Waals surface area contributed by atoms with Gasteiger partial charge in [-0.05, 0) is 50.1 Å². The van der Waals surface area contributed by atoms with Crippen molar-refractivity contribution in [3.8, 4) is 22.9 Å². The molecule has 0 aliphatic carbocycles. The van der Waals surface area contributed by atoms with E-state index in [4.69, 9.17) is 14.0 Å². The molecule has 0 spiro atoms. The van der Waals surface area contributed by atoms with Crippen molar-refractivity contribution in [3.05, 3.63) is 48.2 Å². The van der Waals surface area contributed by atoms with Gasteiger partial charge < -0.3 is 18.6 Å². The molecule has 1 aliphatic heterocycles. The lowest BCUT2D eigenvalue weighted by Crippen LogP contribution is -2.34. The van der Waals surface area contributed by atoms with Crippen molar-refractivity contribution >= 4 is 11.2 Å². The molecule has 0 bridgehead atoms. The molecule has 1 aliphatic rings. The van der Waals surface area contributed by atoms with Gasteiger partial charge in [0, 0.05) is 30.9 Å². The van der Waals surface area contributed by atoms with Crippen LogP contribution in [-0.2, 0) is 6.54 Å². The molecule has 0 atom stereocenters. The van der Waals surface area contributed by atoms with Crippen LogP contribution in [0.3, 0.4) is 0 Å². The molecule has 1 aromatic carbocycles. The van der Waals surface area contributed by atoms with Gasteiger partial charge in [-0.2, -0.15) is 4.98 Å². The smallest absolute Gasteiger partial charge is 0.241 e. The second-order valence-electron chi connectivity index (χ2n) is 7.96. The van der Waals surface area contributed by atoms with E-state index in [0.717, 1.165) is 48.5 Å². The van der Waals surface area contributed by atoms with E-state index >= 15 is 0 Å². The van der Waals surface area contributed by atoms with Crippen LogP contribution in [0.5, 0.6) is 11.5 Å². The van der Waals surface area contributed by atoms with Crippen molar-refractivity contribution in [3.63, 3.8) is 0 Å². The predicted molar refractivity (Wildman–Crippen MR) is 119 cm³/mol. The Balaban J connectivity index is 1.24. The summed E-state index contributed by atoms with van der Waals surface area (Å²) in [5.74, 6) is 3.48. The zero-order valence-corrected chi connectivity index (χ0v) is 18.5. The molecule has 9 nitrogen and oxygen atoms in total. The second-order valence-corrected chi connectivity index (χ2v) is 7.96. The van der Waals surface area contributed by atoms with Crippen LogP contribution in [0.15, 0.2) is 41.1 Å². The Morgan fingerprint density at radius 3 is 2.66 bits per heavy atom. The number of methoxy groups -OCH3 is 2. The van der Waals surface area contributed by atoms with E-state index < -0.39 is 0 Å². The number of ether oxygens (including phenoxy) is 2. The fourth-order valence-electron chi connectivity index (χ4n) is 4.42. The van der Waals surface area contributed by atoms with Crippen LogP contribution >= 0.6 is 0 Å². The molecule has 0 amide bonds. The van der Waals surface area contributed by atoms with E-state index in [0.29, 0.717) is 35.8 Å². The summed E-state index contributed by atoms with van der Waals surface area (Å²) in [6.45, 7) is 4.59. The molecule has 4 heterocycles. The van der Waals surface area contributed by atoms with Crippen molar-refractivity contribution in [2.24, 2.45) is 0 Å². The molecule has 0 N–H and O–H groups in total. The van der Waals surface area contributed by atoms with Gasteiger partial charge >= 0.3 is 0 Å². The highest BCUT2D eigenvalue weighted by Gasteiger charge is 2.25. The molecule has 5 rings (SSSR count). The van der Waals surface area contributed by atoms with Crippen molar-refractivity contribution in [1.82, 2.24) is 29.6 Å². The number of hydrogen-bond donors (Lipinski definition) is 0. The van der Waals surface area contributed by atoms with Gasteiger partial charge in [-0.1, -0.05) is 5.16 Å². The standard InChI is InChI=1S/C23H26N6O3/c1-15-25-18-5-4-10-24-23(18)29(15)17-8-11-28(12-9-17)14-21-26-22(27-32-21)16-6-7-19(30-2)20(13-16)31-3/h4-7,10,13,17H,8-9,11-12,14H2,1-3H3. The lowest BCUT2D eigenvalue weighted by atomic mass is 10.0. The molecule has 4 aromatic rings. The number of likely N-dealkylation sites (tertiary alicyclic amines) is 1. The predicted octanol–water partition coefficient (Wildman–Crippen LogP) is 3.64. The van der Waals surface area contributed by atoms with Crippen LogP contribution in [0.4, 0.5) is 0 Å². The summed E-state index contributed by atoms with van der Waals surface area (Å²) in [7, 11) is 3.22. The van der Waals surface area contributed by atoms with Gasteiger partial charge in [0.25, 0.3) is 0 Å². The number of aromatic nitrogens is 5. The fourth-order valence-corrected chi connectivity index (χ4v) is 4.42. The molecular weight excluding hydrogens is 408 g/mol. The van der Waals surface area contributed by atoms with Crippen LogP contribution in [-0.4, -0.2) is 56.9 Å². The average molecular weight is 435 g/mol. The second kappa shape index (κ2) is 8.58. The van der Waals surface area contributed by atoms with Crippen LogP contribution in [0.25, 0.3) is 22.6 Å². The normalized spacial score (nSPS) is 15.3. The van der Waals surface area contributed by atoms with Crippen molar-refractivity contribution in [1.29, 1.82) is 0 Å². The first kappa shape index (κ1) is 20.4. The topological polar surface area (TPSA) is 91.3 Å². The molecule has 3 aromatic heterocycles. The number of aryl methyl sites for hydroxylation is 1. The maximum absolute atomic E-state index is 5.53. The molecule has 32 heavy (non-hydrogen) atoms. The number of nitrogens with zero attached hydrogens (tertiary/aromatic N) is 6. The fraction of sp³-hybridized carbons (Fsp3) is 0.391. The molecule has 9 heteroatoms. The minimum absolute atomic E-state index is 0.399. The molecule has 0 radical (unpaired) electrons. The Hall–Kier alpha value is -3.46. The number of imidazole rings is 1. The first-order valence-corrected chi connectivity index (χ1v) is 10.7. The van der Waals surface area contributed by atoms with Gasteiger partial charge in [-0.3, -0.25) is 4.90 Å². The SMILES string of the molecule is COc1ccc(-c2noc(CN3CCC(n4c(C)nc5cccnc54)CC3)n2)cc1OC. The summed E-state index contributed by atoms with van der Waals surface area (Å²) >= 11 is 0. The third-order valence-electron chi connectivity index (χ3n) is 6.02. The third-order valence-corrected chi connectivity index (χ3v) is 6.02. The number of pyridine rings is 1. The van der Waals surface area contributed by atoms with Crippen LogP contribution in [0.1, 0.15) is 30.6 Å². The maximum Gasteiger partial charge on any atom is 0.241 e. The zero-order chi connectivity index (χ0) is 22.1. The van der Waals surface area contributed by atoms with E-state index in [1.807, 2.05) is 36.5 Å². The summed E-state index contributed by atoms with van der Waals surface area (Å²) < 4.78 is 18.5.